The molecule has 2 aromatic rings. The highest BCUT2D eigenvalue weighted by Gasteiger charge is 2.36. The van der Waals surface area contributed by atoms with E-state index in [0.717, 1.165) is 58.6 Å². The zero-order valence-corrected chi connectivity index (χ0v) is 15.8. The summed E-state index contributed by atoms with van der Waals surface area (Å²) in [5.74, 6) is 0.759. The van der Waals surface area contributed by atoms with Crippen LogP contribution >= 0.6 is 11.3 Å². The van der Waals surface area contributed by atoms with Gasteiger partial charge in [-0.1, -0.05) is 0 Å². The normalized spacial score (nSPS) is 25.9. The van der Waals surface area contributed by atoms with Gasteiger partial charge >= 0.3 is 0 Å². The molecule has 1 N–H and O–H groups in total. The van der Waals surface area contributed by atoms with Gasteiger partial charge in [-0.05, 0) is 61.4 Å². The summed E-state index contributed by atoms with van der Waals surface area (Å²) in [5, 5.41) is 4.00. The first-order valence-electron chi connectivity index (χ1n) is 9.43. The van der Waals surface area contributed by atoms with Gasteiger partial charge in [-0.2, -0.15) is 0 Å². The quantitative estimate of drug-likeness (QED) is 0.840. The molecule has 1 aromatic heterocycles. The van der Waals surface area contributed by atoms with Gasteiger partial charge in [-0.3, -0.25) is 9.59 Å². The van der Waals surface area contributed by atoms with E-state index in [1.54, 1.807) is 0 Å². The molecule has 6 heteroatoms. The fraction of sp³-hybridized carbons (Fsp3) is 0.500. The molecule has 2 bridgehead atoms. The number of piperidine rings is 1. The molecule has 136 valence electrons. The average Bonchev–Trinajstić information content (AvgIpc) is 2.81. The van der Waals surface area contributed by atoms with Crippen LogP contribution in [0, 0.1) is 5.92 Å². The Bertz CT molecular complexity index is 906. The Hall–Kier alpha value is -1.92. The molecule has 0 unspecified atom stereocenters. The number of thiophene rings is 1. The van der Waals surface area contributed by atoms with E-state index in [2.05, 4.69) is 22.2 Å². The van der Waals surface area contributed by atoms with E-state index in [1.807, 2.05) is 18.2 Å². The zero-order valence-electron chi connectivity index (χ0n) is 15.0. The summed E-state index contributed by atoms with van der Waals surface area (Å²) >= 11 is 1.54. The molecule has 1 aromatic carbocycles. The van der Waals surface area contributed by atoms with Gasteiger partial charge in [-0.15, -0.1) is 11.3 Å². The minimum absolute atomic E-state index is 0.0215. The Balaban J connectivity index is 1.51. The molecular weight excluding hydrogens is 346 g/mol. The highest BCUT2D eigenvalue weighted by atomic mass is 32.1. The van der Waals surface area contributed by atoms with Crippen molar-refractivity contribution in [2.45, 2.75) is 25.3 Å². The van der Waals surface area contributed by atoms with Crippen LogP contribution in [-0.4, -0.2) is 60.9 Å². The molecule has 4 aliphatic heterocycles. The van der Waals surface area contributed by atoms with Crippen molar-refractivity contribution in [3.05, 3.63) is 34.2 Å². The molecule has 3 saturated heterocycles. The van der Waals surface area contributed by atoms with Crippen LogP contribution in [0.5, 0.6) is 0 Å². The number of carbonyl (C=O) groups is 2. The monoisotopic (exact) mass is 369 g/mol. The summed E-state index contributed by atoms with van der Waals surface area (Å²) in [6.45, 7) is 3.61. The number of hydrogen-bond donors (Lipinski definition) is 1. The number of likely N-dealkylation sites (N-methyl/N-ethyl adjacent to an activating group) is 1. The predicted molar refractivity (Wildman–Crippen MR) is 103 cm³/mol. The van der Waals surface area contributed by atoms with Crippen LogP contribution in [0.25, 0.3) is 10.1 Å². The first kappa shape index (κ1) is 16.3. The fourth-order valence-corrected chi connectivity index (χ4v) is 5.97. The molecule has 2 atom stereocenters. The van der Waals surface area contributed by atoms with Gasteiger partial charge in [0.25, 0.3) is 11.8 Å². The topological polar surface area (TPSA) is 52.6 Å². The van der Waals surface area contributed by atoms with E-state index < -0.39 is 0 Å². The maximum absolute atomic E-state index is 13.3. The molecule has 2 amide bonds. The summed E-state index contributed by atoms with van der Waals surface area (Å²) in [6, 6.07) is 6.30. The van der Waals surface area contributed by atoms with Gasteiger partial charge in [0.2, 0.25) is 0 Å². The van der Waals surface area contributed by atoms with E-state index in [4.69, 9.17) is 0 Å². The van der Waals surface area contributed by atoms with Gasteiger partial charge in [0.15, 0.2) is 0 Å². The minimum Gasteiger partial charge on any atom is -0.351 e. The third kappa shape index (κ3) is 2.55. The molecule has 3 fully saturated rings. The van der Waals surface area contributed by atoms with Crippen LogP contribution < -0.4 is 5.32 Å². The lowest BCUT2D eigenvalue weighted by Gasteiger charge is -2.36. The highest BCUT2D eigenvalue weighted by molar-refractivity contribution is 7.21. The largest absolute Gasteiger partial charge is 0.351 e. The molecule has 6 rings (SSSR count). The fourth-order valence-electron chi connectivity index (χ4n) is 4.83. The molecule has 0 spiro atoms. The summed E-state index contributed by atoms with van der Waals surface area (Å²) in [6.07, 6.45) is 3.18. The van der Waals surface area contributed by atoms with Crippen LogP contribution in [-0.2, 0) is 6.42 Å². The van der Waals surface area contributed by atoms with Crippen molar-refractivity contribution in [2.24, 2.45) is 5.92 Å². The Morgan fingerprint density at radius 2 is 2.12 bits per heavy atom. The van der Waals surface area contributed by atoms with Crippen molar-refractivity contribution >= 4 is 33.2 Å². The second-order valence-electron chi connectivity index (χ2n) is 7.90. The number of amides is 2. The van der Waals surface area contributed by atoms with Crippen LogP contribution in [0.3, 0.4) is 0 Å². The van der Waals surface area contributed by atoms with Crippen LogP contribution in [0.4, 0.5) is 0 Å². The van der Waals surface area contributed by atoms with Gasteiger partial charge in [0.1, 0.15) is 0 Å². The second kappa shape index (κ2) is 6.06. The third-order valence-electron chi connectivity index (χ3n) is 6.06. The van der Waals surface area contributed by atoms with E-state index in [9.17, 15) is 9.59 Å². The lowest BCUT2D eigenvalue weighted by atomic mass is 9.94. The lowest BCUT2D eigenvalue weighted by molar-refractivity contribution is 0.0587. The van der Waals surface area contributed by atoms with Gasteiger partial charge < -0.3 is 15.1 Å². The Kier molecular flexibility index (Phi) is 3.79. The average molecular weight is 369 g/mol. The van der Waals surface area contributed by atoms with Gasteiger partial charge in [-0.25, -0.2) is 0 Å². The molecular formula is C20H23N3O2S. The summed E-state index contributed by atoms with van der Waals surface area (Å²) in [7, 11) is 2.16. The SMILES string of the molecule is CN1C[C@@H]2CC[C@H](C1)N(C(=O)c1ccc3sc4c(c3c1)CCNC4=O)C2. The van der Waals surface area contributed by atoms with Crippen LogP contribution in [0.15, 0.2) is 18.2 Å². The van der Waals surface area contributed by atoms with Crippen LogP contribution in [0.1, 0.15) is 38.4 Å². The lowest BCUT2D eigenvalue weighted by Crippen LogP contribution is -2.47. The van der Waals surface area contributed by atoms with Crippen molar-refractivity contribution in [3.8, 4) is 0 Å². The zero-order chi connectivity index (χ0) is 17.8. The Labute approximate surface area is 157 Å². The number of nitrogens with one attached hydrogen (secondary N) is 1. The Morgan fingerprint density at radius 3 is 3.00 bits per heavy atom. The van der Waals surface area contributed by atoms with Gasteiger partial charge in [0, 0.05) is 42.5 Å². The standard InChI is InChI=1S/C20H23N3O2S/c1-22-9-12-2-4-14(11-22)23(10-12)20(25)13-3-5-17-16(8-13)15-6-7-21-19(24)18(15)26-17/h3,5,8,12,14H,2,4,6-7,9-11H2,1H3,(H,21,24)/t12-,14+/m0/s1. The molecule has 4 aliphatic rings. The third-order valence-corrected chi connectivity index (χ3v) is 7.27. The number of nitrogens with zero attached hydrogens (tertiary/aromatic N) is 2. The van der Waals surface area contributed by atoms with Gasteiger partial charge in [0.05, 0.1) is 4.88 Å². The Morgan fingerprint density at radius 1 is 1.23 bits per heavy atom. The van der Waals surface area contributed by atoms with Crippen molar-refractivity contribution in [1.29, 1.82) is 0 Å². The molecule has 0 aliphatic carbocycles. The number of hydrogen-bond acceptors (Lipinski definition) is 4. The number of carbonyl (C=O) groups excluding carboxylic acids is 2. The summed E-state index contributed by atoms with van der Waals surface area (Å²) < 4.78 is 1.10. The molecule has 5 heterocycles. The van der Waals surface area contributed by atoms with E-state index in [1.165, 1.54) is 17.8 Å². The highest BCUT2D eigenvalue weighted by Crippen LogP contribution is 2.35. The van der Waals surface area contributed by atoms with E-state index >= 15 is 0 Å². The van der Waals surface area contributed by atoms with Crippen molar-refractivity contribution in [1.82, 2.24) is 15.1 Å². The first-order valence-corrected chi connectivity index (χ1v) is 10.2. The molecule has 26 heavy (non-hydrogen) atoms. The number of benzene rings is 1. The van der Waals surface area contributed by atoms with E-state index in [-0.39, 0.29) is 11.8 Å². The second-order valence-corrected chi connectivity index (χ2v) is 8.95. The maximum Gasteiger partial charge on any atom is 0.261 e. The van der Waals surface area contributed by atoms with Crippen molar-refractivity contribution in [2.75, 3.05) is 33.2 Å². The smallest absolute Gasteiger partial charge is 0.261 e. The number of rotatable bonds is 1. The summed E-state index contributed by atoms with van der Waals surface area (Å²) in [4.78, 5) is 30.7. The van der Waals surface area contributed by atoms with Crippen LogP contribution in [0.2, 0.25) is 0 Å². The maximum atomic E-state index is 13.3. The predicted octanol–water partition coefficient (Wildman–Crippen LogP) is 2.35. The molecule has 0 radical (unpaired) electrons. The van der Waals surface area contributed by atoms with Crippen molar-refractivity contribution in [3.63, 3.8) is 0 Å². The molecule has 5 nitrogen and oxygen atoms in total. The molecule has 0 saturated carbocycles. The summed E-state index contributed by atoms with van der Waals surface area (Å²) in [5.41, 5.74) is 1.87. The van der Waals surface area contributed by atoms with E-state index in [0.29, 0.717) is 18.5 Å². The van der Waals surface area contributed by atoms with Crippen molar-refractivity contribution < 1.29 is 9.59 Å². The first-order chi connectivity index (χ1) is 12.6. The number of fused-ring (bicyclic) bond motifs is 7. The minimum atomic E-state index is 0.0215.